The molecule has 1 aliphatic carbocycles. The summed E-state index contributed by atoms with van der Waals surface area (Å²) in [4.78, 5) is 9.97. The van der Waals surface area contributed by atoms with Crippen LogP contribution in [-0.2, 0) is 22.9 Å². The zero-order valence-corrected chi connectivity index (χ0v) is 13.6. The van der Waals surface area contributed by atoms with Crippen molar-refractivity contribution in [2.45, 2.75) is 30.2 Å². The topological polar surface area (TPSA) is 115 Å². The van der Waals surface area contributed by atoms with Gasteiger partial charge >= 0.3 is 0 Å². The molecule has 3 N–H and O–H groups in total. The van der Waals surface area contributed by atoms with E-state index >= 15 is 0 Å². The molecule has 2 aromatic carbocycles. The molecular formula is C16H17N3O4S. The molecule has 0 spiro atoms. The van der Waals surface area contributed by atoms with Gasteiger partial charge in [0.2, 0.25) is 10.0 Å². The van der Waals surface area contributed by atoms with Crippen LogP contribution in [0.5, 0.6) is 0 Å². The Labute approximate surface area is 139 Å². The van der Waals surface area contributed by atoms with E-state index in [-0.39, 0.29) is 16.6 Å². The molecule has 0 unspecified atom stereocenters. The summed E-state index contributed by atoms with van der Waals surface area (Å²) in [6, 6.07) is 11.8. The summed E-state index contributed by atoms with van der Waals surface area (Å²) in [5.41, 5.74) is 2.51. The Hall–Kier alpha value is -2.45. The lowest BCUT2D eigenvalue weighted by atomic mass is 9.88. The summed E-state index contributed by atoms with van der Waals surface area (Å²) in [5.74, 6) is 0. The van der Waals surface area contributed by atoms with E-state index < -0.39 is 14.9 Å². The number of nitro groups is 1. The van der Waals surface area contributed by atoms with Gasteiger partial charge in [-0.3, -0.25) is 10.1 Å². The summed E-state index contributed by atoms with van der Waals surface area (Å²) >= 11 is 0. The Balaban J connectivity index is 1.89. The number of sulfonamides is 1. The van der Waals surface area contributed by atoms with Gasteiger partial charge in [0.15, 0.2) is 0 Å². The van der Waals surface area contributed by atoms with E-state index in [0.29, 0.717) is 5.69 Å². The molecule has 0 saturated carbocycles. The number of aryl methyl sites for hydroxylation is 1. The van der Waals surface area contributed by atoms with E-state index in [1.807, 2.05) is 12.1 Å². The van der Waals surface area contributed by atoms with Crippen LogP contribution in [0.2, 0.25) is 0 Å². The first kappa shape index (κ1) is 16.4. The van der Waals surface area contributed by atoms with Crippen LogP contribution in [0, 0.1) is 10.1 Å². The van der Waals surface area contributed by atoms with Gasteiger partial charge in [0, 0.05) is 18.2 Å². The van der Waals surface area contributed by atoms with Gasteiger partial charge in [-0.15, -0.1) is 0 Å². The molecule has 8 heteroatoms. The molecule has 7 nitrogen and oxygen atoms in total. The van der Waals surface area contributed by atoms with Crippen LogP contribution in [0.15, 0.2) is 47.4 Å². The molecule has 1 atom stereocenters. The fraction of sp³-hybridized carbons (Fsp3) is 0.250. The lowest BCUT2D eigenvalue weighted by molar-refractivity contribution is -0.385. The van der Waals surface area contributed by atoms with E-state index in [0.717, 1.165) is 25.3 Å². The van der Waals surface area contributed by atoms with Gasteiger partial charge in [0.1, 0.15) is 4.90 Å². The van der Waals surface area contributed by atoms with Gasteiger partial charge < -0.3 is 5.32 Å². The average molecular weight is 347 g/mol. The van der Waals surface area contributed by atoms with E-state index in [1.54, 1.807) is 0 Å². The second-order valence-corrected chi connectivity index (χ2v) is 7.37. The lowest BCUT2D eigenvalue weighted by Gasteiger charge is -2.27. The van der Waals surface area contributed by atoms with Gasteiger partial charge in [-0.2, -0.15) is 0 Å². The predicted molar refractivity (Wildman–Crippen MR) is 90.3 cm³/mol. The van der Waals surface area contributed by atoms with Gasteiger partial charge in [0.05, 0.1) is 10.6 Å². The summed E-state index contributed by atoms with van der Waals surface area (Å²) in [6.45, 7) is 0. The highest BCUT2D eigenvalue weighted by Gasteiger charge is 2.23. The molecule has 0 radical (unpaired) electrons. The second-order valence-electron chi connectivity index (χ2n) is 5.84. The molecule has 24 heavy (non-hydrogen) atoms. The first-order valence-corrected chi connectivity index (χ1v) is 9.04. The highest BCUT2D eigenvalue weighted by Crippen LogP contribution is 2.29. The quantitative estimate of drug-likeness (QED) is 0.650. The van der Waals surface area contributed by atoms with E-state index in [1.165, 1.54) is 23.3 Å². The molecule has 0 saturated heterocycles. The molecule has 0 bridgehead atoms. The van der Waals surface area contributed by atoms with Crippen molar-refractivity contribution in [1.82, 2.24) is 0 Å². The molecule has 0 heterocycles. The van der Waals surface area contributed by atoms with Crippen molar-refractivity contribution < 1.29 is 13.3 Å². The highest BCUT2D eigenvalue weighted by atomic mass is 32.2. The molecule has 126 valence electrons. The van der Waals surface area contributed by atoms with Crippen LogP contribution in [0.1, 0.15) is 17.5 Å². The van der Waals surface area contributed by atoms with Crippen LogP contribution in [0.3, 0.4) is 0 Å². The van der Waals surface area contributed by atoms with Gasteiger partial charge in [-0.1, -0.05) is 24.3 Å². The van der Waals surface area contributed by atoms with Crippen LogP contribution < -0.4 is 10.5 Å². The number of hydrogen-bond acceptors (Lipinski definition) is 5. The van der Waals surface area contributed by atoms with Crippen LogP contribution in [0.4, 0.5) is 11.4 Å². The largest absolute Gasteiger partial charge is 0.381 e. The zero-order chi connectivity index (χ0) is 17.3. The third-order valence-corrected chi connectivity index (χ3v) is 5.14. The van der Waals surface area contributed by atoms with Crippen molar-refractivity contribution in [1.29, 1.82) is 0 Å². The molecule has 0 amide bonds. The van der Waals surface area contributed by atoms with Crippen LogP contribution >= 0.6 is 0 Å². The average Bonchev–Trinajstić information content (AvgIpc) is 2.54. The predicted octanol–water partition coefficient (Wildman–Crippen LogP) is 2.21. The number of primary sulfonamides is 1. The summed E-state index contributed by atoms with van der Waals surface area (Å²) < 4.78 is 23.6. The van der Waals surface area contributed by atoms with Crippen molar-refractivity contribution in [3.63, 3.8) is 0 Å². The molecule has 0 aliphatic heterocycles. The standard InChI is InChI=1S/C16H17N3O4S/c17-24(22,23)16-10-14(19(20)21)7-8-15(16)18-13-6-5-11-3-1-2-4-12(11)9-13/h1-4,7-8,10,13,18H,5-6,9H2,(H2,17,22,23)/t13-/m1/s1. The number of nitrogens with zero attached hydrogens (tertiary/aromatic N) is 1. The van der Waals surface area contributed by atoms with E-state index in [2.05, 4.69) is 17.4 Å². The minimum Gasteiger partial charge on any atom is -0.381 e. The molecule has 1 aliphatic rings. The lowest BCUT2D eigenvalue weighted by Crippen LogP contribution is -2.28. The maximum atomic E-state index is 11.8. The van der Waals surface area contributed by atoms with Crippen LogP contribution in [-0.4, -0.2) is 19.4 Å². The molecule has 3 rings (SSSR count). The molecular weight excluding hydrogens is 330 g/mol. The number of anilines is 1. The Kier molecular flexibility index (Phi) is 4.25. The minimum atomic E-state index is -4.07. The molecule has 0 fully saturated rings. The molecule has 0 aromatic heterocycles. The first-order chi connectivity index (χ1) is 11.3. The zero-order valence-electron chi connectivity index (χ0n) is 12.8. The fourth-order valence-corrected chi connectivity index (χ4v) is 3.74. The number of benzene rings is 2. The normalized spacial score (nSPS) is 17.1. The SMILES string of the molecule is NS(=O)(=O)c1cc([N+](=O)[O-])ccc1N[C@@H]1CCc2ccccc2C1. The Morgan fingerprint density at radius 2 is 1.88 bits per heavy atom. The van der Waals surface area contributed by atoms with Crippen molar-refractivity contribution in [3.05, 3.63) is 63.7 Å². The number of nitrogens with one attached hydrogen (secondary N) is 1. The summed E-state index contributed by atoms with van der Waals surface area (Å²) in [6.07, 6.45) is 2.50. The van der Waals surface area contributed by atoms with Crippen molar-refractivity contribution in [2.75, 3.05) is 5.32 Å². The first-order valence-electron chi connectivity index (χ1n) is 7.49. The number of nitrogens with two attached hydrogens (primary N) is 1. The number of rotatable bonds is 4. The Bertz CT molecular complexity index is 896. The summed E-state index contributed by atoms with van der Waals surface area (Å²) in [5, 5.41) is 19.3. The Morgan fingerprint density at radius 1 is 1.17 bits per heavy atom. The minimum absolute atomic E-state index is 0.0434. The van der Waals surface area contributed by atoms with E-state index in [9.17, 15) is 18.5 Å². The number of nitro benzene ring substituents is 1. The number of hydrogen-bond donors (Lipinski definition) is 2. The third-order valence-electron chi connectivity index (χ3n) is 4.19. The van der Waals surface area contributed by atoms with Crippen molar-refractivity contribution >= 4 is 21.4 Å². The van der Waals surface area contributed by atoms with Crippen LogP contribution in [0.25, 0.3) is 0 Å². The highest BCUT2D eigenvalue weighted by molar-refractivity contribution is 7.89. The maximum absolute atomic E-state index is 11.8. The van der Waals surface area contributed by atoms with E-state index in [4.69, 9.17) is 5.14 Å². The third kappa shape index (κ3) is 3.39. The second kappa shape index (κ2) is 6.21. The fourth-order valence-electron chi connectivity index (χ4n) is 3.02. The van der Waals surface area contributed by atoms with Gasteiger partial charge in [0.25, 0.3) is 5.69 Å². The van der Waals surface area contributed by atoms with Crippen molar-refractivity contribution in [2.24, 2.45) is 5.14 Å². The molecule has 2 aromatic rings. The Morgan fingerprint density at radius 3 is 2.54 bits per heavy atom. The van der Waals surface area contributed by atoms with Crippen molar-refractivity contribution in [3.8, 4) is 0 Å². The van der Waals surface area contributed by atoms with Gasteiger partial charge in [-0.05, 0) is 36.5 Å². The smallest absolute Gasteiger partial charge is 0.270 e. The monoisotopic (exact) mass is 347 g/mol. The number of non-ortho nitro benzene ring substituents is 1. The number of fused-ring (bicyclic) bond motifs is 1. The van der Waals surface area contributed by atoms with Gasteiger partial charge in [-0.25, -0.2) is 13.6 Å². The summed E-state index contributed by atoms with van der Waals surface area (Å²) in [7, 11) is -4.07. The maximum Gasteiger partial charge on any atom is 0.270 e.